The molecular formula is C49H73N5O11. The third-order valence-electron chi connectivity index (χ3n) is 10.3. The fourth-order valence-electron chi connectivity index (χ4n) is 7.78. The van der Waals surface area contributed by atoms with Crippen molar-refractivity contribution in [3.63, 3.8) is 0 Å². The lowest BCUT2D eigenvalue weighted by molar-refractivity contribution is -0.158. The van der Waals surface area contributed by atoms with Gasteiger partial charge in [-0.2, -0.15) is 0 Å². The number of likely N-dealkylation sites (tertiary alicyclic amines) is 1. The second kappa shape index (κ2) is 23.9. The van der Waals surface area contributed by atoms with E-state index in [0.717, 1.165) is 11.1 Å². The number of esters is 4. The molecule has 0 bridgehead atoms. The van der Waals surface area contributed by atoms with Crippen molar-refractivity contribution in [3.8, 4) is 0 Å². The summed E-state index contributed by atoms with van der Waals surface area (Å²) in [6.45, 7) is 25.4. The predicted molar refractivity (Wildman–Crippen MR) is 245 cm³/mol. The molecule has 0 aliphatic carbocycles. The molecule has 0 spiro atoms. The lowest BCUT2D eigenvalue weighted by Crippen LogP contribution is -2.57. The fraction of sp³-hybridized carbons (Fsp3) is 0.612. The van der Waals surface area contributed by atoms with Crippen molar-refractivity contribution in [1.82, 2.24) is 24.5 Å². The van der Waals surface area contributed by atoms with Crippen molar-refractivity contribution in [2.24, 2.45) is 0 Å². The Hall–Kier alpha value is -5.03. The van der Waals surface area contributed by atoms with E-state index in [1.54, 1.807) is 20.8 Å². The normalized spacial score (nSPS) is 20.2. The van der Waals surface area contributed by atoms with Gasteiger partial charge in [0.05, 0.1) is 32.2 Å². The first-order chi connectivity index (χ1) is 30.4. The molecule has 2 aromatic carbocycles. The minimum Gasteiger partial charge on any atom is -0.492 e. The minimum absolute atomic E-state index is 0.0338. The minimum atomic E-state index is -1.25. The molecule has 16 heteroatoms. The van der Waals surface area contributed by atoms with Gasteiger partial charge in [0.1, 0.15) is 41.9 Å². The van der Waals surface area contributed by atoms with Crippen molar-refractivity contribution >= 4 is 30.0 Å². The fourth-order valence-corrected chi connectivity index (χ4v) is 7.78. The lowest BCUT2D eigenvalue weighted by atomic mass is 10.0. The van der Waals surface area contributed by atoms with E-state index >= 15 is 0 Å². The Morgan fingerprint density at radius 2 is 1.00 bits per heavy atom. The summed E-state index contributed by atoms with van der Waals surface area (Å²) in [6.07, 6.45) is -1.73. The molecule has 2 aromatic rings. The van der Waals surface area contributed by atoms with Gasteiger partial charge >= 0.3 is 30.0 Å². The number of carbonyl (C=O) groups excluding carboxylic acids is 5. The maximum atomic E-state index is 14.6. The van der Waals surface area contributed by atoms with Crippen LogP contribution < -0.4 is 0 Å². The molecule has 2 heterocycles. The van der Waals surface area contributed by atoms with Crippen LogP contribution in [0.15, 0.2) is 73.0 Å². The van der Waals surface area contributed by atoms with Gasteiger partial charge in [-0.05, 0) is 73.4 Å². The van der Waals surface area contributed by atoms with Crippen LogP contribution in [0, 0.1) is 0 Å². The molecule has 2 fully saturated rings. The van der Waals surface area contributed by atoms with Crippen molar-refractivity contribution in [2.45, 2.75) is 117 Å². The highest BCUT2D eigenvalue weighted by atomic mass is 16.6. The van der Waals surface area contributed by atoms with Crippen molar-refractivity contribution in [3.05, 3.63) is 84.1 Å². The smallest absolute Gasteiger partial charge is 0.411 e. The topological polar surface area (TPSA) is 157 Å². The summed E-state index contributed by atoms with van der Waals surface area (Å²) in [7, 11) is 0. The number of hydrogen-bond acceptors (Lipinski definition) is 15. The number of rotatable bonds is 14. The lowest BCUT2D eigenvalue weighted by Gasteiger charge is -2.39. The molecule has 65 heavy (non-hydrogen) atoms. The molecule has 0 aromatic heterocycles. The van der Waals surface area contributed by atoms with Crippen LogP contribution in [0.3, 0.4) is 0 Å². The second-order valence-corrected chi connectivity index (χ2v) is 19.7. The zero-order valence-corrected chi connectivity index (χ0v) is 40.3. The van der Waals surface area contributed by atoms with Crippen LogP contribution in [0.1, 0.15) is 80.4 Å². The summed E-state index contributed by atoms with van der Waals surface area (Å²) in [5, 5.41) is 0. The van der Waals surface area contributed by atoms with E-state index in [1.165, 1.54) is 11.8 Å². The summed E-state index contributed by atoms with van der Waals surface area (Å²) in [5.41, 5.74) is -0.387. The standard InChI is InChI=1S/C49H73N5O11/c1-36(63-47(3,4)5)30-50-22-23-51(32-41(56)64-48(6,7)8)24-25-52(33-42(57)65-49(9,10)11)27-29-53(28-26-50)43-40(62-37(2)55)31-54(46(59)61-35-39-20-16-13-17-21-39)44(43)45(58)60-34-38-18-14-12-15-19-38/h12-21,40,43-44H,1,22-35H2,2-11H3/t40-,43+,44?/m0/s1. The SMILES string of the molecule is C=C(CN1CCN(CC(=O)OC(C)(C)C)CCN(CC(=O)OC(C)(C)C)CCN([C@H]2C(C(=O)OCc3ccccc3)N(C(=O)OCc3ccccc3)C[C@@H]2OC(C)=O)CC1)OC(C)(C)C. The predicted octanol–water partition coefficient (Wildman–Crippen LogP) is 5.28. The monoisotopic (exact) mass is 908 g/mol. The summed E-state index contributed by atoms with van der Waals surface area (Å²) < 4.78 is 35.4. The van der Waals surface area contributed by atoms with E-state index in [2.05, 4.69) is 11.5 Å². The van der Waals surface area contributed by atoms with Gasteiger partial charge in [0.2, 0.25) is 0 Å². The quantitative estimate of drug-likeness (QED) is 0.137. The number of carbonyl (C=O) groups is 5. The molecule has 16 nitrogen and oxygen atoms in total. The van der Waals surface area contributed by atoms with Gasteiger partial charge in [-0.3, -0.25) is 38.9 Å². The van der Waals surface area contributed by atoms with Crippen LogP contribution in [-0.2, 0) is 60.8 Å². The number of benzene rings is 2. The van der Waals surface area contributed by atoms with Crippen LogP contribution in [0.25, 0.3) is 0 Å². The van der Waals surface area contributed by atoms with Gasteiger partial charge in [-0.1, -0.05) is 67.2 Å². The average Bonchev–Trinajstić information content (AvgIpc) is 3.56. The van der Waals surface area contributed by atoms with E-state index < -0.39 is 59.0 Å². The molecule has 0 N–H and O–H groups in total. The summed E-state index contributed by atoms with van der Waals surface area (Å²) in [6, 6.07) is 16.3. The Labute approximate surface area is 386 Å². The van der Waals surface area contributed by atoms with Gasteiger partial charge in [0, 0.05) is 59.3 Å². The summed E-state index contributed by atoms with van der Waals surface area (Å²) in [5.74, 6) is -1.52. The number of hydrogen-bond donors (Lipinski definition) is 0. The van der Waals surface area contributed by atoms with E-state index in [1.807, 2.05) is 117 Å². The molecule has 1 amide bonds. The summed E-state index contributed by atoms with van der Waals surface area (Å²) >= 11 is 0. The third kappa shape index (κ3) is 19.2. The van der Waals surface area contributed by atoms with E-state index in [9.17, 15) is 24.0 Å². The maximum Gasteiger partial charge on any atom is 0.411 e. The van der Waals surface area contributed by atoms with Gasteiger partial charge < -0.3 is 28.4 Å². The first-order valence-corrected chi connectivity index (χ1v) is 22.5. The van der Waals surface area contributed by atoms with E-state index in [0.29, 0.717) is 58.1 Å². The molecule has 4 rings (SSSR count). The molecular weight excluding hydrogens is 835 g/mol. The Bertz CT molecular complexity index is 1830. The Morgan fingerprint density at radius 1 is 0.585 bits per heavy atom. The van der Waals surface area contributed by atoms with E-state index in [-0.39, 0.29) is 45.4 Å². The summed E-state index contributed by atoms with van der Waals surface area (Å²) in [4.78, 5) is 77.7. The zero-order chi connectivity index (χ0) is 48.0. The van der Waals surface area contributed by atoms with Crippen LogP contribution >= 0.6 is 0 Å². The number of nitrogens with zero attached hydrogens (tertiary/aromatic N) is 5. The van der Waals surface area contributed by atoms with Gasteiger partial charge in [-0.25, -0.2) is 9.59 Å². The Balaban J connectivity index is 1.76. The van der Waals surface area contributed by atoms with Crippen LogP contribution in [0.2, 0.25) is 0 Å². The average molecular weight is 908 g/mol. The highest BCUT2D eigenvalue weighted by Crippen LogP contribution is 2.29. The van der Waals surface area contributed by atoms with Crippen LogP contribution in [0.4, 0.5) is 4.79 Å². The molecule has 2 aliphatic rings. The van der Waals surface area contributed by atoms with Crippen LogP contribution in [0.5, 0.6) is 0 Å². The molecule has 0 radical (unpaired) electrons. The number of amides is 1. The molecule has 3 atom stereocenters. The van der Waals surface area contributed by atoms with E-state index in [4.69, 9.17) is 28.4 Å². The molecule has 360 valence electrons. The molecule has 0 saturated carbocycles. The van der Waals surface area contributed by atoms with Crippen molar-refractivity contribution < 1.29 is 52.4 Å². The third-order valence-corrected chi connectivity index (χ3v) is 10.3. The van der Waals surface area contributed by atoms with Gasteiger partial charge in [-0.15, -0.1) is 0 Å². The Kier molecular flexibility index (Phi) is 19.4. The van der Waals surface area contributed by atoms with Crippen LogP contribution in [-0.4, -0.2) is 168 Å². The maximum absolute atomic E-state index is 14.6. The van der Waals surface area contributed by atoms with Gasteiger partial charge in [0.25, 0.3) is 0 Å². The zero-order valence-electron chi connectivity index (χ0n) is 40.3. The van der Waals surface area contributed by atoms with Crippen molar-refractivity contribution in [1.29, 1.82) is 0 Å². The molecule has 2 aliphatic heterocycles. The first kappa shape index (κ1) is 52.6. The second-order valence-electron chi connectivity index (χ2n) is 19.7. The van der Waals surface area contributed by atoms with Gasteiger partial charge in [0.15, 0.2) is 6.04 Å². The highest BCUT2D eigenvalue weighted by Gasteiger charge is 2.53. The highest BCUT2D eigenvalue weighted by molar-refractivity contribution is 5.83. The van der Waals surface area contributed by atoms with Crippen molar-refractivity contribution in [2.75, 3.05) is 78.5 Å². The first-order valence-electron chi connectivity index (χ1n) is 22.5. The molecule has 2 saturated heterocycles. The Morgan fingerprint density at radius 3 is 1.43 bits per heavy atom. The number of ether oxygens (including phenoxy) is 6. The molecule has 1 unspecified atom stereocenters. The largest absolute Gasteiger partial charge is 0.492 e.